The quantitative estimate of drug-likeness (QED) is 0.720. The lowest BCUT2D eigenvalue weighted by atomic mass is 9.85. The predicted octanol–water partition coefficient (Wildman–Crippen LogP) is 4.17. The second-order valence-corrected chi connectivity index (χ2v) is 5.23. The number of allylic oxidation sites excluding steroid dienone is 2. The van der Waals surface area contributed by atoms with Gasteiger partial charge in [-0.25, -0.2) is 0 Å². The molecule has 2 atom stereocenters. The van der Waals surface area contributed by atoms with Crippen molar-refractivity contribution < 1.29 is 22.7 Å². The van der Waals surface area contributed by atoms with Crippen LogP contribution in [0.5, 0.6) is 0 Å². The first-order chi connectivity index (χ1) is 8.79. The van der Waals surface area contributed by atoms with E-state index in [1.807, 2.05) is 0 Å². The fraction of sp³-hybridized carbons (Fsp3) is 0.308. The minimum Gasteiger partial charge on any atom is -0.421 e. The Morgan fingerprint density at radius 2 is 1.79 bits per heavy atom. The maximum absolute atomic E-state index is 12.6. The minimum absolute atomic E-state index is 0.633. The van der Waals surface area contributed by atoms with Crippen molar-refractivity contribution in [2.45, 2.75) is 19.0 Å². The fourth-order valence-corrected chi connectivity index (χ4v) is 2.18. The SMILES string of the molecule is C[C@@H]1C(=O)OC(C(F)(F)F)=C[C@@H]1c1ccc(Br)cc1. The number of ether oxygens (including phenoxy) is 1. The Bertz CT molecular complexity index is 520. The number of alkyl halides is 3. The van der Waals surface area contributed by atoms with Crippen molar-refractivity contribution in [1.82, 2.24) is 0 Å². The third kappa shape index (κ3) is 3.00. The van der Waals surface area contributed by atoms with Gasteiger partial charge in [-0.15, -0.1) is 0 Å². The molecule has 0 bridgehead atoms. The third-order valence-electron chi connectivity index (χ3n) is 2.99. The van der Waals surface area contributed by atoms with Gasteiger partial charge >= 0.3 is 12.1 Å². The van der Waals surface area contributed by atoms with E-state index < -0.39 is 29.7 Å². The lowest BCUT2D eigenvalue weighted by Crippen LogP contribution is -2.30. The number of hydrogen-bond donors (Lipinski definition) is 0. The highest BCUT2D eigenvalue weighted by Gasteiger charge is 2.43. The first-order valence-electron chi connectivity index (χ1n) is 5.55. The molecule has 1 aliphatic rings. The summed E-state index contributed by atoms with van der Waals surface area (Å²) in [4.78, 5) is 11.5. The van der Waals surface area contributed by atoms with Crippen molar-refractivity contribution in [3.63, 3.8) is 0 Å². The Hall–Kier alpha value is -1.30. The summed E-state index contributed by atoms with van der Waals surface area (Å²) in [6.45, 7) is 1.55. The molecule has 0 amide bonds. The van der Waals surface area contributed by atoms with Gasteiger partial charge in [0.2, 0.25) is 5.76 Å². The van der Waals surface area contributed by atoms with Crippen LogP contribution in [0.2, 0.25) is 0 Å². The van der Waals surface area contributed by atoms with Crippen LogP contribution in [0.3, 0.4) is 0 Å². The fourth-order valence-electron chi connectivity index (χ4n) is 1.91. The van der Waals surface area contributed by atoms with Gasteiger partial charge in [0.15, 0.2) is 0 Å². The van der Waals surface area contributed by atoms with Crippen molar-refractivity contribution in [2.75, 3.05) is 0 Å². The molecule has 0 saturated carbocycles. The molecule has 0 aromatic heterocycles. The van der Waals surface area contributed by atoms with Gasteiger partial charge in [-0.2, -0.15) is 13.2 Å². The molecule has 0 N–H and O–H groups in total. The van der Waals surface area contributed by atoms with Crippen LogP contribution < -0.4 is 0 Å². The molecule has 2 nitrogen and oxygen atoms in total. The monoisotopic (exact) mass is 334 g/mol. The van der Waals surface area contributed by atoms with Crippen LogP contribution in [-0.2, 0) is 9.53 Å². The highest BCUT2D eigenvalue weighted by Crippen LogP contribution is 2.38. The van der Waals surface area contributed by atoms with Crippen LogP contribution in [0.15, 0.2) is 40.6 Å². The van der Waals surface area contributed by atoms with Gasteiger partial charge in [-0.05, 0) is 23.8 Å². The minimum atomic E-state index is -4.65. The van der Waals surface area contributed by atoms with Crippen LogP contribution >= 0.6 is 15.9 Å². The molecule has 0 saturated heterocycles. The Morgan fingerprint density at radius 1 is 1.21 bits per heavy atom. The van der Waals surface area contributed by atoms with Gasteiger partial charge in [0.25, 0.3) is 0 Å². The van der Waals surface area contributed by atoms with Gasteiger partial charge < -0.3 is 4.74 Å². The van der Waals surface area contributed by atoms with Crippen molar-refractivity contribution in [3.05, 3.63) is 46.1 Å². The highest BCUT2D eigenvalue weighted by atomic mass is 79.9. The Labute approximate surface area is 116 Å². The second kappa shape index (κ2) is 5.00. The van der Waals surface area contributed by atoms with E-state index in [4.69, 9.17) is 0 Å². The molecule has 1 aliphatic heterocycles. The Kier molecular flexibility index (Phi) is 3.71. The van der Waals surface area contributed by atoms with Gasteiger partial charge in [-0.1, -0.05) is 35.0 Å². The Balaban J connectivity index is 2.41. The zero-order valence-corrected chi connectivity index (χ0v) is 11.5. The van der Waals surface area contributed by atoms with Gasteiger partial charge in [0.05, 0.1) is 5.92 Å². The largest absolute Gasteiger partial charge is 0.449 e. The standard InChI is InChI=1S/C13H10BrF3O2/c1-7-10(8-2-4-9(14)5-3-8)6-11(13(15,16)17)19-12(7)18/h2-7,10H,1H3/t7-,10-/m0/s1. The lowest BCUT2D eigenvalue weighted by molar-refractivity contribution is -0.167. The zero-order valence-electron chi connectivity index (χ0n) is 9.87. The maximum atomic E-state index is 12.6. The normalized spacial score (nSPS) is 23.8. The number of hydrogen-bond acceptors (Lipinski definition) is 2. The lowest BCUT2D eigenvalue weighted by Gasteiger charge is -2.27. The van der Waals surface area contributed by atoms with Crippen LogP contribution in [0.25, 0.3) is 0 Å². The molecule has 1 aromatic carbocycles. The first-order valence-corrected chi connectivity index (χ1v) is 6.34. The number of carbonyl (C=O) groups is 1. The molecule has 102 valence electrons. The molecule has 0 radical (unpaired) electrons. The van der Waals surface area contributed by atoms with Gasteiger partial charge in [0, 0.05) is 10.4 Å². The number of esters is 1. The van der Waals surface area contributed by atoms with Crippen LogP contribution in [-0.4, -0.2) is 12.1 Å². The topological polar surface area (TPSA) is 26.3 Å². The number of benzene rings is 1. The maximum Gasteiger partial charge on any atom is 0.449 e. The summed E-state index contributed by atoms with van der Waals surface area (Å²) < 4.78 is 43.1. The van der Waals surface area contributed by atoms with Crippen LogP contribution in [0.1, 0.15) is 18.4 Å². The summed E-state index contributed by atoms with van der Waals surface area (Å²) in [6, 6.07) is 6.83. The average Bonchev–Trinajstić information content (AvgIpc) is 2.32. The molecule has 0 unspecified atom stereocenters. The molecule has 2 rings (SSSR count). The summed E-state index contributed by atoms with van der Waals surface area (Å²) in [5.74, 6) is -3.37. The molecule has 0 aliphatic carbocycles. The number of cyclic esters (lactones) is 1. The van der Waals surface area contributed by atoms with Gasteiger partial charge in [-0.3, -0.25) is 4.79 Å². The number of rotatable bonds is 1. The molecule has 1 heterocycles. The molecular formula is C13H10BrF3O2. The molecule has 0 fully saturated rings. The molecule has 6 heteroatoms. The van der Waals surface area contributed by atoms with E-state index in [1.165, 1.54) is 0 Å². The summed E-state index contributed by atoms with van der Waals surface area (Å²) in [6.07, 6.45) is -3.68. The van der Waals surface area contributed by atoms with E-state index in [9.17, 15) is 18.0 Å². The smallest absolute Gasteiger partial charge is 0.421 e. The summed E-state index contributed by atoms with van der Waals surface area (Å²) in [7, 11) is 0. The average molecular weight is 335 g/mol. The third-order valence-corrected chi connectivity index (χ3v) is 3.51. The first kappa shape index (κ1) is 14.1. The van der Waals surface area contributed by atoms with E-state index in [-0.39, 0.29) is 0 Å². The molecule has 19 heavy (non-hydrogen) atoms. The zero-order chi connectivity index (χ0) is 14.2. The van der Waals surface area contributed by atoms with Crippen LogP contribution in [0, 0.1) is 5.92 Å². The van der Waals surface area contributed by atoms with E-state index in [2.05, 4.69) is 20.7 Å². The van der Waals surface area contributed by atoms with Crippen LogP contribution in [0.4, 0.5) is 13.2 Å². The summed E-state index contributed by atoms with van der Waals surface area (Å²) in [5, 5.41) is 0. The molecule has 1 aromatic rings. The van der Waals surface area contributed by atoms with Crippen molar-refractivity contribution >= 4 is 21.9 Å². The number of carbonyl (C=O) groups excluding carboxylic acids is 1. The van der Waals surface area contributed by atoms with Crippen molar-refractivity contribution in [2.24, 2.45) is 5.92 Å². The molecular weight excluding hydrogens is 325 g/mol. The van der Waals surface area contributed by atoms with E-state index in [1.54, 1.807) is 31.2 Å². The van der Waals surface area contributed by atoms with E-state index in [0.29, 0.717) is 5.56 Å². The molecule has 0 spiro atoms. The van der Waals surface area contributed by atoms with E-state index in [0.717, 1.165) is 10.5 Å². The predicted molar refractivity (Wildman–Crippen MR) is 66.3 cm³/mol. The van der Waals surface area contributed by atoms with Crippen molar-refractivity contribution in [1.29, 1.82) is 0 Å². The van der Waals surface area contributed by atoms with Crippen molar-refractivity contribution in [3.8, 4) is 0 Å². The number of halogens is 4. The second-order valence-electron chi connectivity index (χ2n) is 4.32. The van der Waals surface area contributed by atoms with E-state index >= 15 is 0 Å². The summed E-state index contributed by atoms with van der Waals surface area (Å²) in [5.41, 5.74) is 0.647. The summed E-state index contributed by atoms with van der Waals surface area (Å²) >= 11 is 3.25. The Morgan fingerprint density at radius 3 is 2.32 bits per heavy atom. The van der Waals surface area contributed by atoms with Gasteiger partial charge in [0.1, 0.15) is 0 Å². The highest BCUT2D eigenvalue weighted by molar-refractivity contribution is 9.10.